The summed E-state index contributed by atoms with van der Waals surface area (Å²) in [5.74, 6) is 0.918. The van der Waals surface area contributed by atoms with Gasteiger partial charge in [-0.2, -0.15) is 0 Å². The minimum absolute atomic E-state index is 0.00216. The van der Waals surface area contributed by atoms with Gasteiger partial charge in [0.25, 0.3) is 0 Å². The molecule has 2 rings (SSSR count). The van der Waals surface area contributed by atoms with E-state index in [2.05, 4.69) is 42.6 Å². The van der Waals surface area contributed by atoms with Crippen LogP contribution in [0.5, 0.6) is 5.75 Å². The van der Waals surface area contributed by atoms with E-state index in [0.717, 1.165) is 17.7 Å². The molecule has 2 N–H and O–H groups in total. The number of aryl methyl sites for hydroxylation is 1. The minimum Gasteiger partial charge on any atom is -0.493 e. The number of thiophene rings is 1. The van der Waals surface area contributed by atoms with Gasteiger partial charge in [-0.15, -0.1) is 11.3 Å². The van der Waals surface area contributed by atoms with Gasteiger partial charge >= 0.3 is 0 Å². The van der Waals surface area contributed by atoms with Crippen molar-refractivity contribution in [2.45, 2.75) is 26.3 Å². The Balaban J connectivity index is 2.01. The third-order valence-corrected chi connectivity index (χ3v) is 3.78. The SMILES string of the molecule is Cc1ccc([C@@H](C)N)c(OCCc2cccs2)c1. The van der Waals surface area contributed by atoms with Crippen molar-refractivity contribution in [3.63, 3.8) is 0 Å². The fraction of sp³-hybridized carbons (Fsp3) is 0.333. The molecular weight excluding hydrogens is 242 g/mol. The third kappa shape index (κ3) is 3.34. The fourth-order valence-electron chi connectivity index (χ4n) is 1.86. The van der Waals surface area contributed by atoms with Crippen molar-refractivity contribution < 1.29 is 4.74 Å². The van der Waals surface area contributed by atoms with Gasteiger partial charge in [0.05, 0.1) is 6.61 Å². The number of benzene rings is 1. The lowest BCUT2D eigenvalue weighted by atomic mass is 10.1. The minimum atomic E-state index is 0.00216. The normalized spacial score (nSPS) is 12.4. The first kappa shape index (κ1) is 13.1. The van der Waals surface area contributed by atoms with Crippen LogP contribution in [0.25, 0.3) is 0 Å². The molecular formula is C15H19NOS. The van der Waals surface area contributed by atoms with Crippen LogP contribution in [0.3, 0.4) is 0 Å². The number of hydrogen-bond acceptors (Lipinski definition) is 3. The molecule has 0 radical (unpaired) electrons. The van der Waals surface area contributed by atoms with Gasteiger partial charge in [-0.05, 0) is 36.9 Å². The average Bonchev–Trinajstić information content (AvgIpc) is 2.82. The van der Waals surface area contributed by atoms with Gasteiger partial charge in [0, 0.05) is 22.9 Å². The van der Waals surface area contributed by atoms with Crippen LogP contribution in [0, 0.1) is 6.92 Å². The molecule has 3 heteroatoms. The molecule has 1 aromatic heterocycles. The highest BCUT2D eigenvalue weighted by Gasteiger charge is 2.08. The lowest BCUT2D eigenvalue weighted by Crippen LogP contribution is -2.09. The van der Waals surface area contributed by atoms with E-state index in [9.17, 15) is 0 Å². The van der Waals surface area contributed by atoms with Crippen molar-refractivity contribution in [1.29, 1.82) is 0 Å². The lowest BCUT2D eigenvalue weighted by molar-refractivity contribution is 0.318. The molecule has 0 bridgehead atoms. The summed E-state index contributed by atoms with van der Waals surface area (Å²) in [6, 6.07) is 10.4. The van der Waals surface area contributed by atoms with Crippen LogP contribution < -0.4 is 10.5 Å². The Morgan fingerprint density at radius 3 is 2.83 bits per heavy atom. The molecule has 1 heterocycles. The van der Waals surface area contributed by atoms with E-state index in [4.69, 9.17) is 10.5 Å². The molecule has 0 saturated heterocycles. The standard InChI is InChI=1S/C15H19NOS/c1-11-5-6-14(12(2)16)15(10-11)17-8-7-13-4-3-9-18-13/h3-6,9-10,12H,7-8,16H2,1-2H3/t12-/m1/s1. The van der Waals surface area contributed by atoms with Gasteiger partial charge in [-0.1, -0.05) is 18.2 Å². The third-order valence-electron chi connectivity index (χ3n) is 2.85. The molecule has 1 atom stereocenters. The van der Waals surface area contributed by atoms with Gasteiger partial charge in [-0.25, -0.2) is 0 Å². The topological polar surface area (TPSA) is 35.2 Å². The fourth-order valence-corrected chi connectivity index (χ4v) is 2.55. The van der Waals surface area contributed by atoms with Gasteiger partial charge < -0.3 is 10.5 Å². The summed E-state index contributed by atoms with van der Waals surface area (Å²) in [7, 11) is 0. The molecule has 18 heavy (non-hydrogen) atoms. The van der Waals surface area contributed by atoms with Crippen molar-refractivity contribution in [3.05, 3.63) is 51.7 Å². The number of nitrogens with two attached hydrogens (primary N) is 1. The Hall–Kier alpha value is -1.32. The van der Waals surface area contributed by atoms with Crippen LogP contribution in [0.4, 0.5) is 0 Å². The quantitative estimate of drug-likeness (QED) is 0.890. The number of hydrogen-bond donors (Lipinski definition) is 1. The predicted octanol–water partition coefficient (Wildman–Crippen LogP) is 3.70. The van der Waals surface area contributed by atoms with Gasteiger partial charge in [0.1, 0.15) is 5.75 Å². The molecule has 0 fully saturated rings. The summed E-state index contributed by atoms with van der Waals surface area (Å²) in [5.41, 5.74) is 8.23. The summed E-state index contributed by atoms with van der Waals surface area (Å²) in [6.45, 7) is 4.75. The van der Waals surface area contributed by atoms with Crippen LogP contribution >= 0.6 is 11.3 Å². The van der Waals surface area contributed by atoms with E-state index < -0.39 is 0 Å². The van der Waals surface area contributed by atoms with Crippen molar-refractivity contribution in [2.24, 2.45) is 5.73 Å². The van der Waals surface area contributed by atoms with Crippen molar-refractivity contribution in [2.75, 3.05) is 6.61 Å². The highest BCUT2D eigenvalue weighted by Crippen LogP contribution is 2.25. The zero-order chi connectivity index (χ0) is 13.0. The van der Waals surface area contributed by atoms with E-state index in [1.807, 2.05) is 6.92 Å². The van der Waals surface area contributed by atoms with Crippen LogP contribution in [0.1, 0.15) is 29.0 Å². The zero-order valence-corrected chi connectivity index (χ0v) is 11.7. The van der Waals surface area contributed by atoms with Crippen molar-refractivity contribution in [3.8, 4) is 5.75 Å². The summed E-state index contributed by atoms with van der Waals surface area (Å²) in [5, 5.41) is 2.09. The lowest BCUT2D eigenvalue weighted by Gasteiger charge is -2.14. The first-order valence-corrected chi connectivity index (χ1v) is 7.06. The Morgan fingerprint density at radius 2 is 2.17 bits per heavy atom. The van der Waals surface area contributed by atoms with Gasteiger partial charge in [0.2, 0.25) is 0 Å². The first-order chi connectivity index (χ1) is 8.66. The zero-order valence-electron chi connectivity index (χ0n) is 10.8. The number of ether oxygens (including phenoxy) is 1. The Kier molecular flexibility index (Phi) is 4.39. The van der Waals surface area contributed by atoms with Gasteiger partial charge in [0.15, 0.2) is 0 Å². The maximum Gasteiger partial charge on any atom is 0.124 e. The maximum atomic E-state index is 5.95. The van der Waals surface area contributed by atoms with Gasteiger partial charge in [-0.3, -0.25) is 0 Å². The Labute approximate surface area is 112 Å². The summed E-state index contributed by atoms with van der Waals surface area (Å²) < 4.78 is 5.88. The van der Waals surface area contributed by atoms with E-state index in [-0.39, 0.29) is 6.04 Å². The summed E-state index contributed by atoms with van der Waals surface area (Å²) >= 11 is 1.77. The highest BCUT2D eigenvalue weighted by atomic mass is 32.1. The molecule has 0 unspecified atom stereocenters. The molecule has 0 aliphatic carbocycles. The Morgan fingerprint density at radius 1 is 1.33 bits per heavy atom. The molecule has 0 spiro atoms. The van der Waals surface area contributed by atoms with Crippen LogP contribution in [0.2, 0.25) is 0 Å². The van der Waals surface area contributed by atoms with E-state index in [1.165, 1.54) is 10.4 Å². The largest absolute Gasteiger partial charge is 0.493 e. The molecule has 2 nitrogen and oxygen atoms in total. The second-order valence-corrected chi connectivity index (χ2v) is 5.54. The second-order valence-electron chi connectivity index (χ2n) is 4.51. The maximum absolute atomic E-state index is 5.95. The van der Waals surface area contributed by atoms with Crippen LogP contribution in [-0.2, 0) is 6.42 Å². The van der Waals surface area contributed by atoms with E-state index >= 15 is 0 Å². The monoisotopic (exact) mass is 261 g/mol. The average molecular weight is 261 g/mol. The smallest absolute Gasteiger partial charge is 0.124 e. The molecule has 1 aromatic carbocycles. The molecule has 0 aliphatic heterocycles. The first-order valence-electron chi connectivity index (χ1n) is 6.18. The molecule has 2 aromatic rings. The Bertz CT molecular complexity index is 491. The van der Waals surface area contributed by atoms with Crippen LogP contribution in [-0.4, -0.2) is 6.61 Å². The second kappa shape index (κ2) is 6.03. The summed E-state index contributed by atoms with van der Waals surface area (Å²) in [6.07, 6.45) is 0.948. The highest BCUT2D eigenvalue weighted by molar-refractivity contribution is 7.09. The van der Waals surface area contributed by atoms with E-state index in [1.54, 1.807) is 11.3 Å². The molecule has 0 saturated carbocycles. The predicted molar refractivity (Wildman–Crippen MR) is 77.3 cm³/mol. The molecule has 96 valence electrons. The van der Waals surface area contributed by atoms with Crippen LogP contribution in [0.15, 0.2) is 35.7 Å². The molecule has 0 amide bonds. The van der Waals surface area contributed by atoms with E-state index in [0.29, 0.717) is 6.61 Å². The summed E-state index contributed by atoms with van der Waals surface area (Å²) in [4.78, 5) is 1.35. The molecule has 0 aliphatic rings. The number of rotatable bonds is 5. The van der Waals surface area contributed by atoms with Crippen molar-refractivity contribution in [1.82, 2.24) is 0 Å². The van der Waals surface area contributed by atoms with Crippen molar-refractivity contribution >= 4 is 11.3 Å².